The molecule has 0 radical (unpaired) electrons. The van der Waals surface area contributed by atoms with Crippen molar-refractivity contribution < 1.29 is 4.74 Å². The van der Waals surface area contributed by atoms with Crippen LogP contribution in [-0.4, -0.2) is 46.0 Å². The molecule has 0 aliphatic carbocycles. The maximum absolute atomic E-state index is 5.42. The fraction of sp³-hybridized carbons (Fsp3) is 0.316. The lowest BCUT2D eigenvalue weighted by atomic mass is 10.1. The smallest absolute Gasteiger partial charge is 0.223 e. The van der Waals surface area contributed by atoms with Gasteiger partial charge in [-0.1, -0.05) is 12.1 Å². The molecule has 0 atom stereocenters. The average Bonchev–Trinajstić information content (AvgIpc) is 3.19. The first-order chi connectivity index (χ1) is 12.8. The Morgan fingerprint density at radius 3 is 2.88 bits per heavy atom. The van der Waals surface area contributed by atoms with Gasteiger partial charge in [-0.25, -0.2) is 14.6 Å². The Labute approximate surface area is 152 Å². The van der Waals surface area contributed by atoms with E-state index in [0.29, 0.717) is 12.0 Å². The molecule has 3 aromatic rings. The molecule has 1 fully saturated rings. The summed E-state index contributed by atoms with van der Waals surface area (Å²) in [4.78, 5) is 9.02. The van der Waals surface area contributed by atoms with Gasteiger partial charge in [0.2, 0.25) is 5.95 Å². The maximum atomic E-state index is 5.42. The second-order valence-corrected chi connectivity index (χ2v) is 6.28. The molecule has 0 bridgehead atoms. The van der Waals surface area contributed by atoms with E-state index in [1.54, 1.807) is 18.0 Å². The van der Waals surface area contributed by atoms with E-state index in [2.05, 4.69) is 25.7 Å². The third-order valence-corrected chi connectivity index (χ3v) is 4.54. The van der Waals surface area contributed by atoms with E-state index < -0.39 is 0 Å². The fourth-order valence-electron chi connectivity index (χ4n) is 3.14. The summed E-state index contributed by atoms with van der Waals surface area (Å²) in [6.07, 6.45) is 7.71. The van der Waals surface area contributed by atoms with E-state index in [1.165, 1.54) is 0 Å². The second kappa shape index (κ2) is 7.53. The van der Waals surface area contributed by atoms with E-state index in [4.69, 9.17) is 4.74 Å². The molecule has 2 aromatic heterocycles. The first-order valence-corrected chi connectivity index (χ1v) is 8.82. The molecule has 7 nitrogen and oxygen atoms in total. The van der Waals surface area contributed by atoms with Gasteiger partial charge in [0.25, 0.3) is 0 Å². The van der Waals surface area contributed by atoms with Gasteiger partial charge in [-0.3, -0.25) is 0 Å². The van der Waals surface area contributed by atoms with Crippen molar-refractivity contribution in [2.24, 2.45) is 0 Å². The number of benzene rings is 1. The minimum Gasteiger partial charge on any atom is -0.494 e. The minimum atomic E-state index is 0.419. The fourth-order valence-corrected chi connectivity index (χ4v) is 3.14. The van der Waals surface area contributed by atoms with Crippen molar-refractivity contribution in [3.05, 3.63) is 48.9 Å². The average molecular weight is 350 g/mol. The van der Waals surface area contributed by atoms with Gasteiger partial charge in [-0.15, -0.1) is 0 Å². The van der Waals surface area contributed by atoms with Crippen molar-refractivity contribution in [1.29, 1.82) is 0 Å². The Bertz CT molecular complexity index is 872. The molecule has 0 spiro atoms. The van der Waals surface area contributed by atoms with Gasteiger partial charge < -0.3 is 15.4 Å². The summed E-state index contributed by atoms with van der Waals surface area (Å²) in [5.74, 6) is 1.44. The van der Waals surface area contributed by atoms with Crippen molar-refractivity contribution in [2.75, 3.05) is 25.5 Å². The van der Waals surface area contributed by atoms with Gasteiger partial charge in [0.15, 0.2) is 0 Å². The number of para-hydroxylation sites is 2. The Morgan fingerprint density at radius 2 is 2.04 bits per heavy atom. The zero-order chi connectivity index (χ0) is 17.8. The van der Waals surface area contributed by atoms with Crippen molar-refractivity contribution in [2.45, 2.75) is 18.9 Å². The largest absolute Gasteiger partial charge is 0.494 e. The van der Waals surface area contributed by atoms with E-state index in [9.17, 15) is 0 Å². The van der Waals surface area contributed by atoms with Gasteiger partial charge in [-0.2, -0.15) is 5.10 Å². The summed E-state index contributed by atoms with van der Waals surface area (Å²) in [5.41, 5.74) is 2.67. The van der Waals surface area contributed by atoms with Gasteiger partial charge in [0.05, 0.1) is 19.0 Å². The highest BCUT2D eigenvalue weighted by Gasteiger charge is 2.14. The summed E-state index contributed by atoms with van der Waals surface area (Å²) < 4.78 is 7.22. The van der Waals surface area contributed by atoms with Crippen LogP contribution in [0.25, 0.3) is 16.9 Å². The van der Waals surface area contributed by atoms with Crippen LogP contribution in [0, 0.1) is 0 Å². The van der Waals surface area contributed by atoms with E-state index in [-0.39, 0.29) is 0 Å². The van der Waals surface area contributed by atoms with Crippen LogP contribution in [0.1, 0.15) is 12.8 Å². The molecule has 26 heavy (non-hydrogen) atoms. The predicted octanol–water partition coefficient (Wildman–Crippen LogP) is 2.50. The first-order valence-electron chi connectivity index (χ1n) is 8.82. The summed E-state index contributed by atoms with van der Waals surface area (Å²) in [6, 6.07) is 10.1. The number of ether oxygens (including phenoxy) is 1. The SMILES string of the molecule is COc1ccccc1-n1cc(-c2ccnc(NC3CCNCC3)n2)cn1. The quantitative estimate of drug-likeness (QED) is 0.736. The summed E-state index contributed by atoms with van der Waals surface area (Å²) in [6.45, 7) is 2.06. The lowest BCUT2D eigenvalue weighted by molar-refractivity contribution is 0.411. The summed E-state index contributed by atoms with van der Waals surface area (Å²) in [7, 11) is 1.66. The van der Waals surface area contributed by atoms with Crippen LogP contribution in [0.2, 0.25) is 0 Å². The predicted molar refractivity (Wildman–Crippen MR) is 101 cm³/mol. The third-order valence-electron chi connectivity index (χ3n) is 4.54. The number of anilines is 1. The molecule has 1 aromatic carbocycles. The number of piperidine rings is 1. The minimum absolute atomic E-state index is 0.419. The van der Waals surface area contributed by atoms with Gasteiger partial charge >= 0.3 is 0 Å². The first kappa shape index (κ1) is 16.5. The van der Waals surface area contributed by atoms with Gasteiger partial charge in [-0.05, 0) is 44.1 Å². The highest BCUT2D eigenvalue weighted by Crippen LogP contribution is 2.24. The van der Waals surface area contributed by atoms with Crippen molar-refractivity contribution in [1.82, 2.24) is 25.1 Å². The van der Waals surface area contributed by atoms with Crippen LogP contribution in [-0.2, 0) is 0 Å². The number of hydrogen-bond acceptors (Lipinski definition) is 6. The Morgan fingerprint density at radius 1 is 1.19 bits per heavy atom. The molecule has 0 saturated carbocycles. The van der Waals surface area contributed by atoms with E-state index in [0.717, 1.165) is 48.6 Å². The molecule has 1 aliphatic heterocycles. The molecule has 2 N–H and O–H groups in total. The van der Waals surface area contributed by atoms with Crippen LogP contribution < -0.4 is 15.4 Å². The summed E-state index contributed by atoms with van der Waals surface area (Å²) in [5, 5.41) is 11.3. The normalized spacial score (nSPS) is 15.0. The maximum Gasteiger partial charge on any atom is 0.223 e. The molecule has 1 aliphatic rings. The van der Waals surface area contributed by atoms with Crippen LogP contribution in [0.4, 0.5) is 5.95 Å². The van der Waals surface area contributed by atoms with Crippen molar-refractivity contribution in [3.8, 4) is 22.7 Å². The molecule has 3 heterocycles. The molecule has 0 unspecified atom stereocenters. The third kappa shape index (κ3) is 3.52. The highest BCUT2D eigenvalue weighted by molar-refractivity contribution is 5.59. The number of nitrogens with one attached hydrogen (secondary N) is 2. The zero-order valence-corrected chi connectivity index (χ0v) is 14.7. The number of methoxy groups -OCH3 is 1. The molecule has 0 amide bonds. The molecular formula is C19H22N6O. The monoisotopic (exact) mass is 350 g/mol. The van der Waals surface area contributed by atoms with Crippen molar-refractivity contribution >= 4 is 5.95 Å². The standard InChI is InChI=1S/C19H22N6O/c1-26-18-5-3-2-4-17(18)25-13-14(12-22-25)16-8-11-21-19(24-16)23-15-6-9-20-10-7-15/h2-5,8,11-13,15,20H,6-7,9-10H2,1H3,(H,21,23,24). The molecule has 134 valence electrons. The lowest BCUT2D eigenvalue weighted by Crippen LogP contribution is -2.35. The topological polar surface area (TPSA) is 76.9 Å². The Kier molecular flexibility index (Phi) is 4.79. The van der Waals surface area contributed by atoms with Crippen LogP contribution in [0.15, 0.2) is 48.9 Å². The second-order valence-electron chi connectivity index (χ2n) is 6.28. The zero-order valence-electron chi connectivity index (χ0n) is 14.7. The van der Waals surface area contributed by atoms with Crippen LogP contribution in [0.5, 0.6) is 5.75 Å². The Hall–Kier alpha value is -2.93. The molecular weight excluding hydrogens is 328 g/mol. The van der Waals surface area contributed by atoms with Gasteiger partial charge in [0, 0.05) is 24.0 Å². The number of hydrogen-bond donors (Lipinski definition) is 2. The molecule has 4 rings (SSSR count). The molecule has 7 heteroatoms. The Balaban J connectivity index is 1.56. The number of nitrogens with zero attached hydrogens (tertiary/aromatic N) is 4. The highest BCUT2D eigenvalue weighted by atomic mass is 16.5. The number of rotatable bonds is 5. The van der Waals surface area contributed by atoms with Crippen LogP contribution >= 0.6 is 0 Å². The van der Waals surface area contributed by atoms with Crippen LogP contribution in [0.3, 0.4) is 0 Å². The van der Waals surface area contributed by atoms with E-state index in [1.807, 2.05) is 42.7 Å². The lowest BCUT2D eigenvalue weighted by Gasteiger charge is -2.23. The number of aromatic nitrogens is 4. The summed E-state index contributed by atoms with van der Waals surface area (Å²) >= 11 is 0. The molecule has 1 saturated heterocycles. The van der Waals surface area contributed by atoms with Crippen molar-refractivity contribution in [3.63, 3.8) is 0 Å². The van der Waals surface area contributed by atoms with E-state index >= 15 is 0 Å². The van der Waals surface area contributed by atoms with Gasteiger partial charge in [0.1, 0.15) is 11.4 Å².